The average molecular weight is 466 g/mol. The highest BCUT2D eigenvalue weighted by molar-refractivity contribution is 5.91. The minimum atomic E-state index is -1.11. The molecule has 3 amide bonds. The molecule has 1 aliphatic carbocycles. The monoisotopic (exact) mass is 465 g/mol. The summed E-state index contributed by atoms with van der Waals surface area (Å²) in [5.74, 6) is -2.03. The standard InChI is InChI=1S/C25H27N3O6/c1-15-12-28(13-22(29)26-15)24(32)21(10-11-23(30)31)27-25(33)34-14-20-18-8-4-2-6-16(18)17-7-3-5-9-19(17)20/h2-9,15,20-21H,10-14H2,1H3,(H,26,29)(H,27,33)(H,30,31). The number of carboxylic acid groups (broad SMARTS) is 1. The Kier molecular flexibility index (Phi) is 6.81. The number of ether oxygens (including phenoxy) is 1. The van der Waals surface area contributed by atoms with Crippen molar-refractivity contribution in [2.75, 3.05) is 19.7 Å². The van der Waals surface area contributed by atoms with E-state index in [0.29, 0.717) is 0 Å². The number of carboxylic acids is 1. The van der Waals surface area contributed by atoms with E-state index in [1.165, 1.54) is 4.90 Å². The summed E-state index contributed by atoms with van der Waals surface area (Å²) < 4.78 is 5.51. The lowest BCUT2D eigenvalue weighted by Crippen LogP contribution is -2.58. The molecular formula is C25H27N3O6. The number of hydrogen-bond acceptors (Lipinski definition) is 5. The molecule has 4 rings (SSSR count). The molecule has 0 radical (unpaired) electrons. The van der Waals surface area contributed by atoms with Crippen LogP contribution in [0.1, 0.15) is 36.8 Å². The van der Waals surface area contributed by atoms with Crippen molar-refractivity contribution in [2.24, 2.45) is 0 Å². The highest BCUT2D eigenvalue weighted by atomic mass is 16.5. The maximum absolute atomic E-state index is 13.0. The van der Waals surface area contributed by atoms with Crippen LogP contribution >= 0.6 is 0 Å². The SMILES string of the molecule is CC1CN(C(=O)C(CCC(=O)O)NC(=O)OCC2c3ccccc3-c3ccccc32)CC(=O)N1. The van der Waals surface area contributed by atoms with E-state index in [2.05, 4.69) is 10.6 Å². The number of alkyl carbamates (subject to hydrolysis) is 1. The van der Waals surface area contributed by atoms with Crippen LogP contribution in [0, 0.1) is 0 Å². The van der Waals surface area contributed by atoms with Gasteiger partial charge in [0.15, 0.2) is 0 Å². The summed E-state index contributed by atoms with van der Waals surface area (Å²) in [5, 5.41) is 14.3. The minimum absolute atomic E-state index is 0.0723. The summed E-state index contributed by atoms with van der Waals surface area (Å²) in [6, 6.07) is 14.5. The largest absolute Gasteiger partial charge is 0.481 e. The van der Waals surface area contributed by atoms with Crippen molar-refractivity contribution in [2.45, 2.75) is 37.8 Å². The quantitative estimate of drug-likeness (QED) is 0.575. The molecule has 1 aliphatic heterocycles. The lowest BCUT2D eigenvalue weighted by Gasteiger charge is -2.33. The molecule has 9 nitrogen and oxygen atoms in total. The van der Waals surface area contributed by atoms with E-state index in [9.17, 15) is 19.2 Å². The third-order valence-electron chi connectivity index (χ3n) is 6.13. The summed E-state index contributed by atoms with van der Waals surface area (Å²) in [5.41, 5.74) is 4.31. The molecular weight excluding hydrogens is 438 g/mol. The van der Waals surface area contributed by atoms with Crippen LogP contribution in [0.5, 0.6) is 0 Å². The number of nitrogens with one attached hydrogen (secondary N) is 2. The third kappa shape index (κ3) is 5.03. The van der Waals surface area contributed by atoms with E-state index in [1.807, 2.05) is 48.5 Å². The molecule has 1 heterocycles. The highest BCUT2D eigenvalue weighted by Gasteiger charge is 2.33. The minimum Gasteiger partial charge on any atom is -0.481 e. The summed E-state index contributed by atoms with van der Waals surface area (Å²) in [6.07, 6.45) is -1.22. The molecule has 0 saturated carbocycles. The normalized spacial score (nSPS) is 17.9. The summed E-state index contributed by atoms with van der Waals surface area (Å²) in [4.78, 5) is 49.9. The van der Waals surface area contributed by atoms with Crippen LogP contribution in [0.15, 0.2) is 48.5 Å². The van der Waals surface area contributed by atoms with E-state index >= 15 is 0 Å². The molecule has 0 bridgehead atoms. The predicted octanol–water partition coefficient (Wildman–Crippen LogP) is 2.11. The Morgan fingerprint density at radius 3 is 2.32 bits per heavy atom. The number of aliphatic carboxylic acids is 1. The zero-order chi connectivity index (χ0) is 24.2. The summed E-state index contributed by atoms with van der Waals surface area (Å²) in [6.45, 7) is 1.98. The molecule has 178 valence electrons. The van der Waals surface area contributed by atoms with Gasteiger partial charge in [0.25, 0.3) is 0 Å². The first kappa shape index (κ1) is 23.3. The van der Waals surface area contributed by atoms with Crippen molar-refractivity contribution >= 4 is 23.9 Å². The molecule has 2 aromatic rings. The van der Waals surface area contributed by atoms with Gasteiger partial charge in [0.05, 0.1) is 6.54 Å². The third-order valence-corrected chi connectivity index (χ3v) is 6.13. The second-order valence-corrected chi connectivity index (χ2v) is 8.64. The molecule has 3 N–H and O–H groups in total. The highest BCUT2D eigenvalue weighted by Crippen LogP contribution is 2.44. The number of amides is 3. The van der Waals surface area contributed by atoms with Crippen LogP contribution in [0.2, 0.25) is 0 Å². The zero-order valence-corrected chi connectivity index (χ0v) is 18.8. The Balaban J connectivity index is 1.43. The first-order valence-electron chi connectivity index (χ1n) is 11.2. The molecule has 0 spiro atoms. The number of hydrogen-bond donors (Lipinski definition) is 3. The second-order valence-electron chi connectivity index (χ2n) is 8.64. The van der Waals surface area contributed by atoms with Gasteiger partial charge in [-0.3, -0.25) is 14.4 Å². The van der Waals surface area contributed by atoms with Crippen molar-refractivity contribution in [3.8, 4) is 11.1 Å². The first-order valence-corrected chi connectivity index (χ1v) is 11.2. The lowest BCUT2D eigenvalue weighted by molar-refractivity contribution is -0.142. The fourth-order valence-electron chi connectivity index (χ4n) is 4.63. The van der Waals surface area contributed by atoms with E-state index in [0.717, 1.165) is 22.3 Å². The van der Waals surface area contributed by atoms with Gasteiger partial charge in [-0.05, 0) is 35.6 Å². The van der Waals surface area contributed by atoms with Crippen LogP contribution < -0.4 is 10.6 Å². The molecule has 2 aliphatic rings. The van der Waals surface area contributed by atoms with E-state index in [-0.39, 0.29) is 50.4 Å². The maximum atomic E-state index is 13.0. The van der Waals surface area contributed by atoms with E-state index in [4.69, 9.17) is 9.84 Å². The van der Waals surface area contributed by atoms with Gasteiger partial charge in [-0.2, -0.15) is 0 Å². The number of carbonyl (C=O) groups is 4. The average Bonchev–Trinajstić information content (AvgIpc) is 3.13. The number of rotatable bonds is 7. The lowest BCUT2D eigenvalue weighted by atomic mass is 9.98. The van der Waals surface area contributed by atoms with E-state index < -0.39 is 24.0 Å². The van der Waals surface area contributed by atoms with Gasteiger partial charge in [0, 0.05) is 24.9 Å². The summed E-state index contributed by atoms with van der Waals surface area (Å²) >= 11 is 0. The van der Waals surface area contributed by atoms with Gasteiger partial charge in [0.1, 0.15) is 12.6 Å². The smallest absolute Gasteiger partial charge is 0.407 e. The van der Waals surface area contributed by atoms with Crippen LogP contribution in [-0.2, 0) is 19.1 Å². The van der Waals surface area contributed by atoms with E-state index in [1.54, 1.807) is 6.92 Å². The van der Waals surface area contributed by atoms with Crippen molar-refractivity contribution in [3.63, 3.8) is 0 Å². The molecule has 2 atom stereocenters. The Morgan fingerprint density at radius 1 is 1.12 bits per heavy atom. The molecule has 9 heteroatoms. The number of carbonyl (C=O) groups excluding carboxylic acids is 3. The number of nitrogens with zero attached hydrogens (tertiary/aromatic N) is 1. The Bertz CT molecular complexity index is 1070. The van der Waals surface area contributed by atoms with Gasteiger partial charge < -0.3 is 25.4 Å². The Hall–Kier alpha value is -3.88. The van der Waals surface area contributed by atoms with Crippen molar-refractivity contribution in [1.82, 2.24) is 15.5 Å². The van der Waals surface area contributed by atoms with Crippen molar-refractivity contribution in [1.29, 1.82) is 0 Å². The maximum Gasteiger partial charge on any atom is 0.407 e. The van der Waals surface area contributed by atoms with Crippen molar-refractivity contribution < 1.29 is 29.0 Å². The van der Waals surface area contributed by atoms with Crippen molar-refractivity contribution in [3.05, 3.63) is 59.7 Å². The second kappa shape index (κ2) is 9.94. The van der Waals surface area contributed by atoms with Crippen LogP contribution in [0.25, 0.3) is 11.1 Å². The number of benzene rings is 2. The van der Waals surface area contributed by atoms with Gasteiger partial charge >= 0.3 is 12.1 Å². The molecule has 2 aromatic carbocycles. The van der Waals surface area contributed by atoms with Crippen LogP contribution in [0.4, 0.5) is 4.79 Å². The van der Waals surface area contributed by atoms with Gasteiger partial charge in [-0.25, -0.2) is 4.79 Å². The molecule has 34 heavy (non-hydrogen) atoms. The van der Waals surface area contributed by atoms with Gasteiger partial charge in [0.2, 0.25) is 11.8 Å². The zero-order valence-electron chi connectivity index (χ0n) is 18.8. The number of piperazine rings is 1. The Morgan fingerprint density at radius 2 is 1.74 bits per heavy atom. The topological polar surface area (TPSA) is 125 Å². The predicted molar refractivity (Wildman–Crippen MR) is 123 cm³/mol. The fraction of sp³-hybridized carbons (Fsp3) is 0.360. The van der Waals surface area contributed by atoms with Gasteiger partial charge in [-0.15, -0.1) is 0 Å². The molecule has 1 saturated heterocycles. The summed E-state index contributed by atoms with van der Waals surface area (Å²) in [7, 11) is 0. The number of fused-ring (bicyclic) bond motifs is 3. The molecule has 0 aromatic heterocycles. The van der Waals surface area contributed by atoms with Gasteiger partial charge in [-0.1, -0.05) is 48.5 Å². The fourth-order valence-corrected chi connectivity index (χ4v) is 4.63. The molecule has 2 unspecified atom stereocenters. The van der Waals surface area contributed by atoms with Crippen LogP contribution in [0.3, 0.4) is 0 Å². The van der Waals surface area contributed by atoms with Crippen LogP contribution in [-0.4, -0.2) is 65.7 Å². The Labute approximate surface area is 197 Å². The molecule has 1 fully saturated rings. The first-order chi connectivity index (χ1) is 16.3.